The second kappa shape index (κ2) is 14.2. The molecule has 1 aliphatic rings. The van der Waals surface area contributed by atoms with Gasteiger partial charge in [-0.05, 0) is 49.8 Å². The average Bonchev–Trinajstić information content (AvgIpc) is 3.51. The highest BCUT2D eigenvalue weighted by molar-refractivity contribution is 14.0. The monoisotopic (exact) mass is 517 g/mol. The molecular formula is C20H32IN5O3. The molecule has 0 heterocycles. The highest BCUT2D eigenvalue weighted by Crippen LogP contribution is 2.28. The molecule has 29 heavy (non-hydrogen) atoms. The Balaban J connectivity index is 0.00000420. The van der Waals surface area contributed by atoms with E-state index in [9.17, 15) is 9.59 Å². The van der Waals surface area contributed by atoms with Crippen molar-refractivity contribution in [3.63, 3.8) is 0 Å². The van der Waals surface area contributed by atoms with Gasteiger partial charge in [0.2, 0.25) is 5.91 Å². The summed E-state index contributed by atoms with van der Waals surface area (Å²) >= 11 is 0. The van der Waals surface area contributed by atoms with E-state index in [0.29, 0.717) is 12.1 Å². The Bertz CT molecular complexity index is 663. The number of rotatable bonds is 12. The molecule has 0 spiro atoms. The van der Waals surface area contributed by atoms with E-state index in [1.807, 2.05) is 19.1 Å². The summed E-state index contributed by atoms with van der Waals surface area (Å²) in [6, 6.07) is 7.10. The lowest BCUT2D eigenvalue weighted by Gasteiger charge is -2.11. The molecule has 0 unspecified atom stereocenters. The first-order valence-electron chi connectivity index (χ1n) is 9.84. The minimum atomic E-state index is -0.572. The first kappa shape index (κ1) is 25.2. The van der Waals surface area contributed by atoms with Crippen molar-refractivity contribution < 1.29 is 14.3 Å². The predicted molar refractivity (Wildman–Crippen MR) is 124 cm³/mol. The summed E-state index contributed by atoms with van der Waals surface area (Å²) < 4.78 is 5.63. The van der Waals surface area contributed by atoms with E-state index in [1.54, 1.807) is 12.1 Å². The zero-order valence-corrected chi connectivity index (χ0v) is 19.2. The molecule has 0 saturated heterocycles. The number of carbonyl (C=O) groups excluding carboxylic acids is 2. The second-order valence-corrected chi connectivity index (χ2v) is 6.84. The summed E-state index contributed by atoms with van der Waals surface area (Å²) in [6.07, 6.45) is 3.56. The number of hydrogen-bond acceptors (Lipinski definition) is 4. The molecule has 9 heteroatoms. The molecule has 0 atom stereocenters. The van der Waals surface area contributed by atoms with E-state index in [2.05, 4.69) is 20.9 Å². The van der Waals surface area contributed by atoms with Crippen molar-refractivity contribution >= 4 is 41.8 Å². The second-order valence-electron chi connectivity index (χ2n) is 6.84. The van der Waals surface area contributed by atoms with Gasteiger partial charge in [0.05, 0.1) is 13.1 Å². The Kier molecular flexibility index (Phi) is 12.3. The SMILES string of the molecule is CCNC(=NCc1ccc(C(=O)NCC(N)=O)cc1)NCCCOCC1CC1.I. The topological polar surface area (TPSA) is 118 Å². The van der Waals surface area contributed by atoms with Crippen LogP contribution in [0.3, 0.4) is 0 Å². The number of primary amides is 1. The third-order valence-corrected chi connectivity index (χ3v) is 4.21. The van der Waals surface area contributed by atoms with Crippen molar-refractivity contribution in [1.82, 2.24) is 16.0 Å². The number of nitrogens with two attached hydrogens (primary N) is 1. The highest BCUT2D eigenvalue weighted by Gasteiger charge is 2.20. The van der Waals surface area contributed by atoms with Gasteiger partial charge in [0, 0.05) is 31.9 Å². The average molecular weight is 517 g/mol. The fourth-order valence-corrected chi connectivity index (χ4v) is 2.46. The van der Waals surface area contributed by atoms with Gasteiger partial charge < -0.3 is 26.4 Å². The van der Waals surface area contributed by atoms with Crippen LogP contribution < -0.4 is 21.7 Å². The van der Waals surface area contributed by atoms with Crippen LogP contribution in [0.2, 0.25) is 0 Å². The summed E-state index contributed by atoms with van der Waals surface area (Å²) in [6.45, 7) is 5.59. The third-order valence-electron chi connectivity index (χ3n) is 4.21. The van der Waals surface area contributed by atoms with E-state index < -0.39 is 5.91 Å². The molecule has 0 radical (unpaired) electrons. The van der Waals surface area contributed by atoms with Crippen molar-refractivity contribution in [2.24, 2.45) is 16.6 Å². The molecule has 1 aromatic carbocycles. The van der Waals surface area contributed by atoms with Gasteiger partial charge in [-0.25, -0.2) is 4.99 Å². The number of benzene rings is 1. The van der Waals surface area contributed by atoms with Crippen LogP contribution in [-0.2, 0) is 16.1 Å². The van der Waals surface area contributed by atoms with Crippen molar-refractivity contribution in [3.05, 3.63) is 35.4 Å². The van der Waals surface area contributed by atoms with Crippen LogP contribution in [0.5, 0.6) is 0 Å². The van der Waals surface area contributed by atoms with Crippen LogP contribution in [0.4, 0.5) is 0 Å². The number of nitrogens with zero attached hydrogens (tertiary/aromatic N) is 1. The molecule has 1 saturated carbocycles. The molecule has 1 aliphatic carbocycles. The first-order chi connectivity index (χ1) is 13.6. The van der Waals surface area contributed by atoms with Gasteiger partial charge >= 0.3 is 0 Å². The maximum Gasteiger partial charge on any atom is 0.251 e. The molecule has 5 N–H and O–H groups in total. The van der Waals surface area contributed by atoms with Crippen LogP contribution in [0.1, 0.15) is 42.1 Å². The summed E-state index contributed by atoms with van der Waals surface area (Å²) in [5.41, 5.74) is 6.48. The van der Waals surface area contributed by atoms with Gasteiger partial charge in [-0.15, -0.1) is 24.0 Å². The Morgan fingerprint density at radius 1 is 1.17 bits per heavy atom. The summed E-state index contributed by atoms with van der Waals surface area (Å²) in [5.74, 6) is 0.658. The third kappa shape index (κ3) is 11.0. The van der Waals surface area contributed by atoms with Gasteiger partial charge in [0.1, 0.15) is 0 Å². The minimum Gasteiger partial charge on any atom is -0.381 e. The van der Waals surface area contributed by atoms with E-state index in [0.717, 1.165) is 50.2 Å². The zero-order chi connectivity index (χ0) is 20.2. The number of carbonyl (C=O) groups is 2. The van der Waals surface area contributed by atoms with Crippen molar-refractivity contribution in [3.8, 4) is 0 Å². The number of amides is 2. The molecule has 0 bridgehead atoms. The molecule has 0 aliphatic heterocycles. The number of nitrogens with one attached hydrogen (secondary N) is 3. The van der Waals surface area contributed by atoms with Gasteiger partial charge in [0.15, 0.2) is 5.96 Å². The lowest BCUT2D eigenvalue weighted by molar-refractivity contribution is -0.117. The minimum absolute atomic E-state index is 0. The van der Waals surface area contributed by atoms with Gasteiger partial charge in [-0.1, -0.05) is 12.1 Å². The molecule has 2 amide bonds. The van der Waals surface area contributed by atoms with Crippen LogP contribution in [0.15, 0.2) is 29.3 Å². The van der Waals surface area contributed by atoms with E-state index in [4.69, 9.17) is 10.5 Å². The lowest BCUT2D eigenvalue weighted by Crippen LogP contribution is -2.38. The smallest absolute Gasteiger partial charge is 0.251 e. The zero-order valence-electron chi connectivity index (χ0n) is 16.9. The Hall–Kier alpha value is -1.88. The van der Waals surface area contributed by atoms with Crippen molar-refractivity contribution in [1.29, 1.82) is 0 Å². The highest BCUT2D eigenvalue weighted by atomic mass is 127. The normalized spacial score (nSPS) is 13.3. The molecule has 1 fully saturated rings. The summed E-state index contributed by atoms with van der Waals surface area (Å²) in [4.78, 5) is 27.2. The van der Waals surface area contributed by atoms with Crippen molar-refractivity contribution in [2.75, 3.05) is 32.8 Å². The number of aliphatic imine (C=N–C) groups is 1. The van der Waals surface area contributed by atoms with Gasteiger partial charge in [-0.3, -0.25) is 9.59 Å². The molecule has 8 nitrogen and oxygen atoms in total. The molecule has 1 aromatic rings. The maximum absolute atomic E-state index is 11.9. The standard InChI is InChI=1S/C20H31N5O3.HI/c1-2-22-20(23-10-3-11-28-14-16-4-5-16)25-12-15-6-8-17(9-7-15)19(27)24-13-18(21)26;/h6-9,16H,2-5,10-14H2,1H3,(H2,21,26)(H,24,27)(H2,22,23,25);1H. The maximum atomic E-state index is 11.9. The fraction of sp³-hybridized carbons (Fsp3) is 0.550. The van der Waals surface area contributed by atoms with E-state index in [-0.39, 0.29) is 36.4 Å². The Labute approximate surface area is 189 Å². The van der Waals surface area contributed by atoms with Crippen LogP contribution in [-0.4, -0.2) is 50.6 Å². The largest absolute Gasteiger partial charge is 0.381 e. The quantitative estimate of drug-likeness (QED) is 0.145. The number of hydrogen-bond donors (Lipinski definition) is 4. The van der Waals surface area contributed by atoms with Crippen LogP contribution in [0, 0.1) is 5.92 Å². The molecule has 0 aromatic heterocycles. The van der Waals surface area contributed by atoms with E-state index in [1.165, 1.54) is 12.8 Å². The Morgan fingerprint density at radius 2 is 1.90 bits per heavy atom. The Morgan fingerprint density at radius 3 is 2.52 bits per heavy atom. The van der Waals surface area contributed by atoms with Crippen LogP contribution in [0.25, 0.3) is 0 Å². The lowest BCUT2D eigenvalue weighted by atomic mass is 10.1. The summed E-state index contributed by atoms with van der Waals surface area (Å²) in [5, 5.41) is 8.98. The molecular weight excluding hydrogens is 485 g/mol. The fourth-order valence-electron chi connectivity index (χ4n) is 2.46. The number of guanidine groups is 1. The van der Waals surface area contributed by atoms with Crippen molar-refractivity contribution in [2.45, 2.75) is 32.7 Å². The number of ether oxygens (including phenoxy) is 1. The number of halogens is 1. The van der Waals surface area contributed by atoms with Gasteiger partial charge in [-0.2, -0.15) is 0 Å². The first-order valence-corrected chi connectivity index (χ1v) is 9.84. The molecule has 162 valence electrons. The molecule has 2 rings (SSSR count). The predicted octanol–water partition coefficient (Wildman–Crippen LogP) is 1.39. The van der Waals surface area contributed by atoms with E-state index >= 15 is 0 Å². The van der Waals surface area contributed by atoms with Gasteiger partial charge in [0.25, 0.3) is 5.91 Å². The summed E-state index contributed by atoms with van der Waals surface area (Å²) in [7, 11) is 0. The van der Waals surface area contributed by atoms with Crippen LogP contribution >= 0.6 is 24.0 Å².